The van der Waals surface area contributed by atoms with E-state index in [0.717, 1.165) is 0 Å². The van der Waals surface area contributed by atoms with E-state index in [1.165, 1.54) is 6.07 Å². The van der Waals surface area contributed by atoms with Crippen LogP contribution >= 0.6 is 0 Å². The highest BCUT2D eigenvalue weighted by Crippen LogP contribution is 2.20. The maximum Gasteiger partial charge on any atom is 0.388 e. The molecule has 0 aliphatic carbocycles. The van der Waals surface area contributed by atoms with E-state index in [1.54, 1.807) is 13.8 Å². The monoisotopic (exact) mass is 188 g/mol. The average molecular weight is 188 g/mol. The molecule has 0 aliphatic rings. The van der Waals surface area contributed by atoms with Crippen molar-refractivity contribution >= 4 is 5.69 Å². The number of pyridine rings is 1. The van der Waals surface area contributed by atoms with Crippen molar-refractivity contribution in [2.24, 2.45) is 0 Å². The predicted octanol–water partition coefficient (Wildman–Crippen LogP) is 1.88. The zero-order valence-corrected chi connectivity index (χ0v) is 7.34. The van der Waals surface area contributed by atoms with Crippen LogP contribution in [0.1, 0.15) is 11.3 Å². The molecule has 0 bridgehead atoms. The van der Waals surface area contributed by atoms with Crippen LogP contribution in [0.5, 0.6) is 5.88 Å². The van der Waals surface area contributed by atoms with Crippen LogP contribution in [0, 0.1) is 13.8 Å². The van der Waals surface area contributed by atoms with Gasteiger partial charge in [-0.15, -0.1) is 0 Å². The molecule has 72 valence electrons. The third-order valence-corrected chi connectivity index (χ3v) is 1.64. The Morgan fingerprint density at radius 1 is 1.46 bits per heavy atom. The van der Waals surface area contributed by atoms with Crippen molar-refractivity contribution < 1.29 is 13.5 Å². The molecule has 5 heteroatoms. The molecule has 0 fully saturated rings. The number of hydrogen-bond donors (Lipinski definition) is 1. The third kappa shape index (κ3) is 2.27. The summed E-state index contributed by atoms with van der Waals surface area (Å²) < 4.78 is 27.7. The first-order chi connectivity index (χ1) is 6.00. The second-order valence-corrected chi connectivity index (χ2v) is 2.65. The number of alkyl halides is 2. The van der Waals surface area contributed by atoms with Crippen LogP contribution in [0.4, 0.5) is 14.5 Å². The molecule has 0 aliphatic heterocycles. The number of nitrogens with two attached hydrogens (primary N) is 1. The summed E-state index contributed by atoms with van der Waals surface area (Å²) >= 11 is 0. The predicted molar refractivity (Wildman–Crippen MR) is 44.8 cm³/mol. The number of aromatic nitrogens is 1. The van der Waals surface area contributed by atoms with Crippen molar-refractivity contribution in [3.05, 3.63) is 17.3 Å². The summed E-state index contributed by atoms with van der Waals surface area (Å²) in [5, 5.41) is 0. The molecule has 13 heavy (non-hydrogen) atoms. The Kier molecular flexibility index (Phi) is 2.65. The number of nitrogens with zero attached hydrogens (tertiary/aromatic N) is 1. The van der Waals surface area contributed by atoms with Crippen LogP contribution in [-0.4, -0.2) is 11.6 Å². The Balaban J connectivity index is 2.99. The molecular weight excluding hydrogens is 178 g/mol. The molecule has 0 spiro atoms. The minimum absolute atomic E-state index is 0.0980. The average Bonchev–Trinajstić information content (AvgIpc) is 1.98. The van der Waals surface area contributed by atoms with Crippen molar-refractivity contribution in [3.63, 3.8) is 0 Å². The van der Waals surface area contributed by atoms with Gasteiger partial charge < -0.3 is 10.5 Å². The maximum atomic E-state index is 11.8. The van der Waals surface area contributed by atoms with Gasteiger partial charge in [0, 0.05) is 6.07 Å². The molecule has 1 heterocycles. The summed E-state index contributed by atoms with van der Waals surface area (Å²) in [4.78, 5) is 3.75. The quantitative estimate of drug-likeness (QED) is 0.770. The Morgan fingerprint density at radius 2 is 2.08 bits per heavy atom. The lowest BCUT2D eigenvalue weighted by Crippen LogP contribution is -2.06. The minimum atomic E-state index is -2.85. The zero-order chi connectivity index (χ0) is 10.0. The van der Waals surface area contributed by atoms with Crippen LogP contribution in [-0.2, 0) is 0 Å². The highest BCUT2D eigenvalue weighted by atomic mass is 19.3. The van der Waals surface area contributed by atoms with Gasteiger partial charge in [-0.05, 0) is 19.4 Å². The highest BCUT2D eigenvalue weighted by molar-refractivity contribution is 5.51. The molecule has 3 nitrogen and oxygen atoms in total. The van der Waals surface area contributed by atoms with Gasteiger partial charge in [0.05, 0.1) is 11.4 Å². The van der Waals surface area contributed by atoms with Gasteiger partial charge in [-0.25, -0.2) is 4.98 Å². The number of rotatable bonds is 2. The summed E-state index contributed by atoms with van der Waals surface area (Å²) in [7, 11) is 0. The second kappa shape index (κ2) is 3.55. The van der Waals surface area contributed by atoms with Crippen molar-refractivity contribution in [1.82, 2.24) is 4.98 Å². The third-order valence-electron chi connectivity index (χ3n) is 1.64. The van der Waals surface area contributed by atoms with Crippen molar-refractivity contribution in [3.8, 4) is 5.88 Å². The highest BCUT2D eigenvalue weighted by Gasteiger charge is 2.08. The fourth-order valence-electron chi connectivity index (χ4n) is 0.958. The first-order valence-corrected chi connectivity index (χ1v) is 3.69. The van der Waals surface area contributed by atoms with Crippen molar-refractivity contribution in [2.75, 3.05) is 5.73 Å². The van der Waals surface area contributed by atoms with Gasteiger partial charge in [-0.1, -0.05) is 0 Å². The fourth-order valence-corrected chi connectivity index (χ4v) is 0.958. The zero-order valence-electron chi connectivity index (χ0n) is 7.34. The Morgan fingerprint density at radius 3 is 2.54 bits per heavy atom. The van der Waals surface area contributed by atoms with Crippen LogP contribution in [0.3, 0.4) is 0 Å². The molecule has 0 atom stereocenters. The largest absolute Gasteiger partial charge is 0.417 e. The lowest BCUT2D eigenvalue weighted by molar-refractivity contribution is -0.0529. The van der Waals surface area contributed by atoms with E-state index in [-0.39, 0.29) is 5.88 Å². The molecule has 2 N–H and O–H groups in total. The van der Waals surface area contributed by atoms with Crippen LogP contribution < -0.4 is 10.5 Å². The Hall–Kier alpha value is -1.39. The molecule has 0 radical (unpaired) electrons. The van der Waals surface area contributed by atoms with Gasteiger partial charge in [0.25, 0.3) is 0 Å². The smallest absolute Gasteiger partial charge is 0.388 e. The van der Waals surface area contributed by atoms with Gasteiger partial charge in [-0.3, -0.25) is 0 Å². The number of aryl methyl sites for hydroxylation is 2. The van der Waals surface area contributed by atoms with Gasteiger partial charge in [0.1, 0.15) is 0 Å². The molecule has 0 unspecified atom stereocenters. The number of hydrogen-bond acceptors (Lipinski definition) is 3. The first kappa shape index (κ1) is 9.70. The molecule has 0 amide bonds. The van der Waals surface area contributed by atoms with Gasteiger partial charge >= 0.3 is 6.61 Å². The van der Waals surface area contributed by atoms with Gasteiger partial charge in [-0.2, -0.15) is 8.78 Å². The number of anilines is 1. The van der Waals surface area contributed by atoms with E-state index < -0.39 is 6.61 Å². The van der Waals surface area contributed by atoms with Gasteiger partial charge in [0.2, 0.25) is 5.88 Å². The SMILES string of the molecule is Cc1cc(OC(F)F)nc(C)c1N. The lowest BCUT2D eigenvalue weighted by Gasteiger charge is -2.08. The van der Waals surface area contributed by atoms with Gasteiger partial charge in [0.15, 0.2) is 0 Å². The minimum Gasteiger partial charge on any atom is -0.417 e. The van der Waals surface area contributed by atoms with Crippen LogP contribution in [0.15, 0.2) is 6.07 Å². The fraction of sp³-hybridized carbons (Fsp3) is 0.375. The van der Waals surface area contributed by atoms with E-state index in [0.29, 0.717) is 16.9 Å². The summed E-state index contributed by atoms with van der Waals surface area (Å²) in [5.41, 5.74) is 7.26. The molecular formula is C8H10F2N2O. The summed E-state index contributed by atoms with van der Waals surface area (Å²) in [6.07, 6.45) is 0. The molecule has 0 saturated heterocycles. The molecule has 1 aromatic rings. The number of halogens is 2. The Labute approximate surface area is 74.5 Å². The molecule has 0 aromatic carbocycles. The van der Waals surface area contributed by atoms with Crippen molar-refractivity contribution in [2.45, 2.75) is 20.5 Å². The molecule has 1 rings (SSSR count). The van der Waals surface area contributed by atoms with Crippen molar-refractivity contribution in [1.29, 1.82) is 0 Å². The van der Waals surface area contributed by atoms with Crippen LogP contribution in [0.25, 0.3) is 0 Å². The van der Waals surface area contributed by atoms with E-state index >= 15 is 0 Å². The lowest BCUT2D eigenvalue weighted by atomic mass is 10.2. The summed E-state index contributed by atoms with van der Waals surface area (Å²) in [5.74, 6) is -0.0980. The van der Waals surface area contributed by atoms with E-state index in [9.17, 15) is 8.78 Å². The van der Waals surface area contributed by atoms with E-state index in [4.69, 9.17) is 5.73 Å². The number of ether oxygens (including phenoxy) is 1. The molecule has 1 aromatic heterocycles. The summed E-state index contributed by atoms with van der Waals surface area (Å²) in [6.45, 7) is 0.498. The maximum absolute atomic E-state index is 11.8. The van der Waals surface area contributed by atoms with E-state index in [1.807, 2.05) is 0 Å². The van der Waals surface area contributed by atoms with E-state index in [2.05, 4.69) is 9.72 Å². The second-order valence-electron chi connectivity index (χ2n) is 2.65. The van der Waals surface area contributed by atoms with Crippen LogP contribution in [0.2, 0.25) is 0 Å². The normalized spacial score (nSPS) is 10.5. The number of nitrogen functional groups attached to an aromatic ring is 1. The Bertz CT molecular complexity index is 292. The summed E-state index contributed by atoms with van der Waals surface area (Å²) in [6, 6.07) is 1.38. The standard InChI is InChI=1S/C8H10F2N2O/c1-4-3-6(13-8(9)10)12-5(2)7(4)11/h3,8H,11H2,1-2H3. The topological polar surface area (TPSA) is 48.1 Å². The first-order valence-electron chi connectivity index (χ1n) is 3.69. The molecule has 0 saturated carbocycles.